The average molecular weight is 296 g/mol. The highest BCUT2D eigenvalue weighted by Crippen LogP contribution is 2.43. The summed E-state index contributed by atoms with van der Waals surface area (Å²) < 4.78 is 36.2. The van der Waals surface area contributed by atoms with Gasteiger partial charge in [-0.3, -0.25) is 0 Å². The van der Waals surface area contributed by atoms with Gasteiger partial charge in [0.2, 0.25) is 0 Å². The number of carbonyl (C=O) groups excluding carboxylic acids is 1. The topological polar surface area (TPSA) is 61.4 Å². The van der Waals surface area contributed by atoms with Crippen molar-refractivity contribution in [1.82, 2.24) is 10.6 Å². The molecule has 1 aliphatic rings. The van der Waals surface area contributed by atoms with Gasteiger partial charge in [0.05, 0.1) is 12.1 Å². The molecule has 4 nitrogen and oxygen atoms in total. The van der Waals surface area contributed by atoms with Crippen molar-refractivity contribution in [3.05, 3.63) is 0 Å². The van der Waals surface area contributed by atoms with Crippen molar-refractivity contribution in [2.45, 2.75) is 51.7 Å². The number of hydrogen-bond acceptors (Lipinski definition) is 2. The van der Waals surface area contributed by atoms with Gasteiger partial charge in [0, 0.05) is 0 Å². The zero-order chi connectivity index (χ0) is 15.6. The van der Waals surface area contributed by atoms with Crippen LogP contribution in [-0.4, -0.2) is 36.0 Å². The number of aliphatic hydroxyl groups excluding tert-OH is 1. The summed E-state index contributed by atoms with van der Waals surface area (Å²) in [6.07, 6.45) is -2.38. The summed E-state index contributed by atoms with van der Waals surface area (Å²) >= 11 is 0. The Bertz CT molecular complexity index is 358. The summed E-state index contributed by atoms with van der Waals surface area (Å²) in [4.78, 5) is 11.6. The summed E-state index contributed by atoms with van der Waals surface area (Å²) in [6, 6.07) is -0.888. The Labute approximate surface area is 117 Å². The van der Waals surface area contributed by atoms with E-state index in [4.69, 9.17) is 0 Å². The van der Waals surface area contributed by atoms with Gasteiger partial charge >= 0.3 is 12.2 Å². The SMILES string of the molecule is CC1CC(C)(C)CC(CO)(NC(=O)NCC(F)(F)F)C1. The molecular formula is C13H23F3N2O2. The normalized spacial score (nSPS) is 29.9. The van der Waals surface area contributed by atoms with Crippen LogP contribution in [0.25, 0.3) is 0 Å². The third-order valence-electron chi connectivity index (χ3n) is 3.59. The number of rotatable bonds is 3. The quantitative estimate of drug-likeness (QED) is 0.749. The number of carbonyl (C=O) groups is 1. The number of hydrogen-bond donors (Lipinski definition) is 3. The van der Waals surface area contributed by atoms with Crippen molar-refractivity contribution >= 4 is 6.03 Å². The Hall–Kier alpha value is -0.980. The second-order valence-electron chi connectivity index (χ2n) is 6.72. The Morgan fingerprint density at radius 1 is 1.35 bits per heavy atom. The number of alkyl halides is 3. The summed E-state index contributed by atoms with van der Waals surface area (Å²) in [6.45, 7) is 4.42. The molecule has 0 saturated heterocycles. The van der Waals surface area contributed by atoms with Crippen LogP contribution in [0.5, 0.6) is 0 Å². The molecule has 0 aromatic rings. The maximum Gasteiger partial charge on any atom is 0.405 e. The summed E-state index contributed by atoms with van der Waals surface area (Å²) in [5.74, 6) is 0.286. The lowest BCUT2D eigenvalue weighted by molar-refractivity contribution is -0.122. The predicted octanol–water partition coefficient (Wildman–Crippen LogP) is 2.43. The van der Waals surface area contributed by atoms with E-state index < -0.39 is 24.3 Å². The van der Waals surface area contributed by atoms with E-state index in [1.54, 1.807) is 5.32 Å². The van der Waals surface area contributed by atoms with Gasteiger partial charge in [-0.05, 0) is 30.6 Å². The molecule has 0 aliphatic heterocycles. The number of halogens is 3. The summed E-state index contributed by atoms with van der Waals surface area (Å²) in [5.41, 5.74) is -0.922. The van der Waals surface area contributed by atoms with Crippen molar-refractivity contribution in [2.24, 2.45) is 11.3 Å². The maximum absolute atomic E-state index is 12.1. The van der Waals surface area contributed by atoms with Gasteiger partial charge in [0.1, 0.15) is 6.54 Å². The van der Waals surface area contributed by atoms with Crippen molar-refractivity contribution in [3.8, 4) is 0 Å². The predicted molar refractivity (Wildman–Crippen MR) is 69.2 cm³/mol. The molecule has 118 valence electrons. The molecule has 2 atom stereocenters. The van der Waals surface area contributed by atoms with Crippen LogP contribution in [-0.2, 0) is 0 Å². The molecule has 7 heteroatoms. The largest absolute Gasteiger partial charge is 0.405 e. The molecule has 2 unspecified atom stereocenters. The first-order valence-corrected chi connectivity index (χ1v) is 6.71. The van der Waals surface area contributed by atoms with Crippen molar-refractivity contribution in [2.75, 3.05) is 13.2 Å². The molecule has 0 radical (unpaired) electrons. The fourth-order valence-corrected chi connectivity index (χ4v) is 3.46. The minimum atomic E-state index is -4.44. The van der Waals surface area contributed by atoms with Crippen LogP contribution >= 0.6 is 0 Å². The first kappa shape index (κ1) is 17.1. The highest BCUT2D eigenvalue weighted by atomic mass is 19.4. The van der Waals surface area contributed by atoms with E-state index in [-0.39, 0.29) is 17.9 Å². The minimum Gasteiger partial charge on any atom is -0.394 e. The van der Waals surface area contributed by atoms with Crippen molar-refractivity contribution < 1.29 is 23.1 Å². The molecule has 1 rings (SSSR count). The van der Waals surface area contributed by atoms with Crippen LogP contribution in [0.15, 0.2) is 0 Å². The van der Waals surface area contributed by atoms with Crippen molar-refractivity contribution in [3.63, 3.8) is 0 Å². The van der Waals surface area contributed by atoms with E-state index in [0.717, 1.165) is 6.42 Å². The molecular weight excluding hydrogens is 273 g/mol. The third-order valence-corrected chi connectivity index (χ3v) is 3.59. The van der Waals surface area contributed by atoms with Gasteiger partial charge in [0.15, 0.2) is 0 Å². The molecule has 0 bridgehead atoms. The van der Waals surface area contributed by atoms with Gasteiger partial charge in [-0.1, -0.05) is 20.8 Å². The van der Waals surface area contributed by atoms with Crippen LogP contribution in [0.1, 0.15) is 40.0 Å². The first-order valence-electron chi connectivity index (χ1n) is 6.71. The second-order valence-corrected chi connectivity index (χ2v) is 6.72. The van der Waals surface area contributed by atoms with Gasteiger partial charge in [-0.25, -0.2) is 4.79 Å². The number of aliphatic hydroxyl groups is 1. The second kappa shape index (κ2) is 5.79. The van der Waals surface area contributed by atoms with Crippen LogP contribution < -0.4 is 10.6 Å². The Morgan fingerprint density at radius 3 is 2.40 bits per heavy atom. The number of amides is 2. The fourth-order valence-electron chi connectivity index (χ4n) is 3.46. The summed E-state index contributed by atoms with van der Waals surface area (Å²) in [7, 11) is 0. The molecule has 3 N–H and O–H groups in total. The van der Waals surface area contributed by atoms with Gasteiger partial charge < -0.3 is 15.7 Å². The zero-order valence-corrected chi connectivity index (χ0v) is 12.1. The Morgan fingerprint density at radius 2 is 1.95 bits per heavy atom. The molecule has 0 aromatic heterocycles. The Kier molecular flexibility index (Phi) is 4.94. The molecule has 1 saturated carbocycles. The molecule has 2 amide bonds. The molecule has 0 spiro atoms. The van der Waals surface area contributed by atoms with Crippen LogP contribution in [0, 0.1) is 11.3 Å². The van der Waals surface area contributed by atoms with E-state index in [2.05, 4.69) is 5.32 Å². The molecule has 0 aromatic carbocycles. The highest BCUT2D eigenvalue weighted by Gasteiger charge is 2.43. The summed E-state index contributed by atoms with van der Waals surface area (Å²) in [5, 5.41) is 13.9. The van der Waals surface area contributed by atoms with E-state index in [1.807, 2.05) is 20.8 Å². The van der Waals surface area contributed by atoms with Crippen molar-refractivity contribution in [1.29, 1.82) is 0 Å². The number of nitrogens with one attached hydrogen (secondary N) is 2. The lowest BCUT2D eigenvalue weighted by Gasteiger charge is -2.47. The monoisotopic (exact) mass is 296 g/mol. The van der Waals surface area contributed by atoms with E-state index in [9.17, 15) is 23.1 Å². The molecule has 0 heterocycles. The minimum absolute atomic E-state index is 0.0717. The smallest absolute Gasteiger partial charge is 0.394 e. The average Bonchev–Trinajstić information content (AvgIpc) is 2.22. The number of urea groups is 1. The molecule has 20 heavy (non-hydrogen) atoms. The zero-order valence-electron chi connectivity index (χ0n) is 12.1. The van der Waals surface area contributed by atoms with E-state index in [1.165, 1.54) is 0 Å². The lowest BCUT2D eigenvalue weighted by Crippen LogP contribution is -2.59. The van der Waals surface area contributed by atoms with E-state index in [0.29, 0.717) is 12.8 Å². The maximum atomic E-state index is 12.1. The van der Waals surface area contributed by atoms with E-state index >= 15 is 0 Å². The van der Waals surface area contributed by atoms with Gasteiger partial charge in [-0.15, -0.1) is 0 Å². The Balaban J connectivity index is 2.67. The first-order chi connectivity index (χ1) is 8.97. The molecule has 1 aliphatic carbocycles. The van der Waals surface area contributed by atoms with Crippen LogP contribution in [0.2, 0.25) is 0 Å². The standard InChI is InChI=1S/C13H23F3N2O2/c1-9-4-11(2,3)6-12(5-9,8-19)18-10(20)17-7-13(14,15)16/h9,19H,4-8H2,1-3H3,(H2,17,18,20). The van der Waals surface area contributed by atoms with Crippen LogP contribution in [0.3, 0.4) is 0 Å². The van der Waals surface area contributed by atoms with Gasteiger partial charge in [0.25, 0.3) is 0 Å². The van der Waals surface area contributed by atoms with Gasteiger partial charge in [-0.2, -0.15) is 13.2 Å². The third kappa shape index (κ3) is 5.19. The molecule has 1 fully saturated rings. The highest BCUT2D eigenvalue weighted by molar-refractivity contribution is 5.74. The van der Waals surface area contributed by atoms with Crippen LogP contribution in [0.4, 0.5) is 18.0 Å². The lowest BCUT2D eigenvalue weighted by atomic mass is 9.64. The fraction of sp³-hybridized carbons (Fsp3) is 0.923.